The minimum Gasteiger partial charge on any atom is -0.390 e. The molecule has 0 spiro atoms. The van der Waals surface area contributed by atoms with Crippen LogP contribution in [0, 0.1) is 11.8 Å². The number of aliphatic hydroxyl groups excluding tert-OH is 1. The van der Waals surface area contributed by atoms with E-state index >= 15 is 0 Å². The Kier molecular flexibility index (Phi) is 5.28. The minimum atomic E-state index is -0.678. The van der Waals surface area contributed by atoms with Gasteiger partial charge in [0.15, 0.2) is 0 Å². The van der Waals surface area contributed by atoms with Crippen LogP contribution < -0.4 is 5.32 Å². The third kappa shape index (κ3) is 4.33. The van der Waals surface area contributed by atoms with Gasteiger partial charge < -0.3 is 10.4 Å². The maximum Gasteiger partial charge on any atom is 0.293 e. The summed E-state index contributed by atoms with van der Waals surface area (Å²) in [5.74, 6) is 5.58. The fourth-order valence-corrected chi connectivity index (χ4v) is 2.74. The van der Waals surface area contributed by atoms with Crippen molar-refractivity contribution in [1.82, 2.24) is 30.4 Å². The topological polar surface area (TPSA) is 96.2 Å². The number of aromatic nitrogens is 4. The van der Waals surface area contributed by atoms with E-state index < -0.39 is 18.1 Å². The van der Waals surface area contributed by atoms with Crippen LogP contribution in [0.2, 0.25) is 5.02 Å². The molecule has 0 unspecified atom stereocenters. The first kappa shape index (κ1) is 17.4. The summed E-state index contributed by atoms with van der Waals surface area (Å²) in [4.78, 5) is 15.2. The van der Waals surface area contributed by atoms with Crippen LogP contribution in [0.25, 0.3) is 0 Å². The summed E-state index contributed by atoms with van der Waals surface area (Å²) in [5.41, 5.74) is 0.766. The molecule has 2 heterocycles. The second kappa shape index (κ2) is 7.61. The van der Waals surface area contributed by atoms with E-state index in [9.17, 15) is 9.90 Å². The fourth-order valence-electron chi connectivity index (χ4n) is 2.55. The predicted octanol–water partition coefficient (Wildman–Crippen LogP) is -0.310. The molecular formula is C16H17ClN6O2. The van der Waals surface area contributed by atoms with Crippen molar-refractivity contribution in [3.63, 3.8) is 0 Å². The predicted molar refractivity (Wildman–Crippen MR) is 90.8 cm³/mol. The molecule has 2 atom stereocenters. The van der Waals surface area contributed by atoms with E-state index in [1.807, 2.05) is 23.1 Å². The highest BCUT2D eigenvalue weighted by Crippen LogP contribution is 2.13. The molecule has 1 aliphatic rings. The molecular weight excluding hydrogens is 344 g/mol. The Labute approximate surface area is 149 Å². The van der Waals surface area contributed by atoms with E-state index in [1.165, 1.54) is 4.80 Å². The molecule has 0 radical (unpaired) electrons. The van der Waals surface area contributed by atoms with Crippen molar-refractivity contribution >= 4 is 17.5 Å². The van der Waals surface area contributed by atoms with Crippen LogP contribution in [-0.4, -0.2) is 67.9 Å². The minimum absolute atomic E-state index is 0.0216. The quantitative estimate of drug-likeness (QED) is 0.729. The fraction of sp³-hybridized carbons (Fsp3) is 0.375. The number of carbonyl (C=O) groups is 1. The van der Waals surface area contributed by atoms with Gasteiger partial charge in [0.1, 0.15) is 0 Å². The highest BCUT2D eigenvalue weighted by Gasteiger charge is 2.32. The summed E-state index contributed by atoms with van der Waals surface area (Å²) in [6.45, 7) is 1.39. The molecule has 1 aromatic heterocycles. The highest BCUT2D eigenvalue weighted by molar-refractivity contribution is 6.31. The molecule has 0 aliphatic carbocycles. The molecule has 0 saturated carbocycles. The Hall–Kier alpha value is -2.47. The first-order chi connectivity index (χ1) is 12.0. The zero-order chi connectivity index (χ0) is 17.8. The average Bonchev–Trinajstić information content (AvgIpc) is 3.16. The summed E-state index contributed by atoms with van der Waals surface area (Å²) >= 11 is 6.06. The number of tetrazole rings is 1. The number of carbonyl (C=O) groups excluding carboxylic acids is 1. The van der Waals surface area contributed by atoms with Crippen LogP contribution in [0.5, 0.6) is 0 Å². The molecule has 1 aromatic carbocycles. The van der Waals surface area contributed by atoms with Crippen LogP contribution in [0.15, 0.2) is 24.3 Å². The number of hydrogen-bond donors (Lipinski definition) is 2. The van der Waals surface area contributed by atoms with Gasteiger partial charge in [0.25, 0.3) is 11.7 Å². The molecule has 1 saturated heterocycles. The summed E-state index contributed by atoms with van der Waals surface area (Å²) < 4.78 is 0. The van der Waals surface area contributed by atoms with E-state index in [0.717, 1.165) is 5.56 Å². The first-order valence-electron chi connectivity index (χ1n) is 7.71. The van der Waals surface area contributed by atoms with Gasteiger partial charge in [-0.2, -0.15) is 4.80 Å². The molecule has 2 aromatic rings. The maximum atomic E-state index is 12.0. The second-order valence-electron chi connectivity index (χ2n) is 5.73. The summed E-state index contributed by atoms with van der Waals surface area (Å²) in [5, 5.41) is 24.6. The Balaban J connectivity index is 1.55. The molecule has 0 bridgehead atoms. The van der Waals surface area contributed by atoms with E-state index in [1.54, 1.807) is 13.1 Å². The molecule has 2 N–H and O–H groups in total. The molecule has 8 nitrogen and oxygen atoms in total. The van der Waals surface area contributed by atoms with Gasteiger partial charge in [-0.05, 0) is 17.3 Å². The zero-order valence-electron chi connectivity index (χ0n) is 13.6. The van der Waals surface area contributed by atoms with E-state index in [2.05, 4.69) is 32.6 Å². The van der Waals surface area contributed by atoms with Crippen molar-refractivity contribution in [2.45, 2.75) is 12.1 Å². The lowest BCUT2D eigenvalue weighted by atomic mass is 10.2. The number of halogens is 1. The number of likely N-dealkylation sites (tertiary alicyclic amines) is 1. The number of amides is 1. The monoisotopic (exact) mass is 360 g/mol. The molecule has 1 fully saturated rings. The van der Waals surface area contributed by atoms with Crippen LogP contribution >= 0.6 is 11.6 Å². The smallest absolute Gasteiger partial charge is 0.293 e. The number of nitrogens with zero attached hydrogens (tertiary/aromatic N) is 5. The molecule has 1 aliphatic heterocycles. The van der Waals surface area contributed by atoms with Gasteiger partial charge in [-0.1, -0.05) is 35.6 Å². The van der Waals surface area contributed by atoms with Crippen molar-refractivity contribution in [3.05, 3.63) is 40.7 Å². The van der Waals surface area contributed by atoms with E-state index in [4.69, 9.17) is 11.6 Å². The summed E-state index contributed by atoms with van der Waals surface area (Å²) in [6.07, 6.45) is -0.678. The normalized spacial score (nSPS) is 20.1. The van der Waals surface area contributed by atoms with Gasteiger partial charge in [0, 0.05) is 18.7 Å². The van der Waals surface area contributed by atoms with Gasteiger partial charge in [-0.25, -0.2) is 0 Å². The molecule has 130 valence electrons. The Morgan fingerprint density at radius 3 is 2.96 bits per heavy atom. The van der Waals surface area contributed by atoms with E-state index in [0.29, 0.717) is 24.7 Å². The molecule has 25 heavy (non-hydrogen) atoms. The SMILES string of the molecule is Cn1nnc(C(=O)N[C@@H]2CN(CC#Cc3ccccc3Cl)C[C@@H]2O)n1. The molecule has 9 heteroatoms. The lowest BCUT2D eigenvalue weighted by Crippen LogP contribution is -2.43. The maximum absolute atomic E-state index is 12.0. The first-order valence-corrected chi connectivity index (χ1v) is 8.09. The highest BCUT2D eigenvalue weighted by atomic mass is 35.5. The Morgan fingerprint density at radius 2 is 2.24 bits per heavy atom. The van der Waals surface area contributed by atoms with Crippen molar-refractivity contribution < 1.29 is 9.90 Å². The van der Waals surface area contributed by atoms with Crippen molar-refractivity contribution in [2.75, 3.05) is 19.6 Å². The third-order valence-electron chi connectivity index (χ3n) is 3.79. The zero-order valence-corrected chi connectivity index (χ0v) is 14.3. The second-order valence-corrected chi connectivity index (χ2v) is 6.13. The molecule has 1 amide bonds. The van der Waals surface area contributed by atoms with E-state index in [-0.39, 0.29) is 5.82 Å². The number of aliphatic hydroxyl groups is 1. The number of aryl methyl sites for hydroxylation is 1. The summed E-state index contributed by atoms with van der Waals surface area (Å²) in [7, 11) is 1.58. The lowest BCUT2D eigenvalue weighted by molar-refractivity contribution is 0.0877. The number of benzene rings is 1. The molecule has 3 rings (SSSR count). The van der Waals surface area contributed by atoms with Crippen LogP contribution in [0.3, 0.4) is 0 Å². The summed E-state index contributed by atoms with van der Waals surface area (Å²) in [6, 6.07) is 6.96. The van der Waals surface area contributed by atoms with Crippen LogP contribution in [0.1, 0.15) is 16.2 Å². The number of hydrogen-bond acceptors (Lipinski definition) is 6. The van der Waals surface area contributed by atoms with Crippen molar-refractivity contribution in [1.29, 1.82) is 0 Å². The Morgan fingerprint density at radius 1 is 1.44 bits per heavy atom. The van der Waals surface area contributed by atoms with Crippen molar-refractivity contribution in [3.8, 4) is 11.8 Å². The van der Waals surface area contributed by atoms with Gasteiger partial charge in [-0.15, -0.1) is 10.2 Å². The largest absolute Gasteiger partial charge is 0.390 e. The van der Waals surface area contributed by atoms with Gasteiger partial charge in [0.2, 0.25) is 0 Å². The third-order valence-corrected chi connectivity index (χ3v) is 4.12. The Bertz CT molecular complexity index is 827. The number of nitrogens with one attached hydrogen (secondary N) is 1. The van der Waals surface area contributed by atoms with Crippen LogP contribution in [-0.2, 0) is 7.05 Å². The van der Waals surface area contributed by atoms with Gasteiger partial charge in [-0.3, -0.25) is 9.69 Å². The van der Waals surface area contributed by atoms with Crippen LogP contribution in [0.4, 0.5) is 0 Å². The van der Waals surface area contributed by atoms with Crippen molar-refractivity contribution in [2.24, 2.45) is 7.05 Å². The van der Waals surface area contributed by atoms with Gasteiger partial charge in [0.05, 0.1) is 30.8 Å². The number of rotatable bonds is 3. The number of β-amino-alcohol motifs (C(OH)–C–C–N with tert-alkyl or cyclic N) is 1. The standard InChI is InChI=1S/C16H17ClN6O2/c1-22-20-15(19-21-22)16(25)18-13-9-23(10-14(13)24)8-4-6-11-5-2-3-7-12(11)17/h2-3,5,7,13-14,24H,8-10H2,1H3,(H,18,25)/t13-,14+/m1/s1. The average molecular weight is 361 g/mol. The van der Waals surface area contributed by atoms with Gasteiger partial charge >= 0.3 is 0 Å². The lowest BCUT2D eigenvalue weighted by Gasteiger charge is -2.14.